The molecular formula is C16H18BrNOS. The summed E-state index contributed by atoms with van der Waals surface area (Å²) in [6, 6.07) is 8.92. The van der Waals surface area contributed by atoms with Crippen molar-refractivity contribution < 1.29 is 4.74 Å². The second-order valence-electron chi connectivity index (χ2n) is 5.22. The number of hydrogen-bond acceptors (Lipinski definition) is 3. The predicted molar refractivity (Wildman–Crippen MR) is 89.1 cm³/mol. The second-order valence-corrected chi connectivity index (χ2v) is 7.74. The first kappa shape index (κ1) is 14.0. The summed E-state index contributed by atoms with van der Waals surface area (Å²) in [6.07, 6.45) is 3.62. The van der Waals surface area contributed by atoms with E-state index in [2.05, 4.69) is 46.4 Å². The van der Waals surface area contributed by atoms with Crippen LogP contribution in [0.25, 0.3) is 0 Å². The number of methoxy groups -OCH3 is 1. The fourth-order valence-electron chi connectivity index (χ4n) is 2.79. The maximum atomic E-state index is 5.47. The van der Waals surface area contributed by atoms with Crippen LogP contribution in [0.5, 0.6) is 5.75 Å². The normalized spacial score (nSPS) is 17.6. The quantitative estimate of drug-likeness (QED) is 0.808. The van der Waals surface area contributed by atoms with Crippen LogP contribution in [-0.2, 0) is 6.42 Å². The van der Waals surface area contributed by atoms with Gasteiger partial charge in [0, 0.05) is 4.88 Å². The van der Waals surface area contributed by atoms with Crippen LogP contribution in [0, 0.1) is 6.92 Å². The Morgan fingerprint density at radius 2 is 2.20 bits per heavy atom. The largest absolute Gasteiger partial charge is 0.495 e. The van der Waals surface area contributed by atoms with Crippen molar-refractivity contribution in [3.63, 3.8) is 0 Å². The van der Waals surface area contributed by atoms with E-state index in [4.69, 9.17) is 4.74 Å². The highest BCUT2D eigenvalue weighted by Gasteiger charge is 2.23. The molecule has 4 heteroatoms. The summed E-state index contributed by atoms with van der Waals surface area (Å²) >= 11 is 5.47. The van der Waals surface area contributed by atoms with Crippen LogP contribution in [0.15, 0.2) is 28.1 Å². The zero-order valence-corrected chi connectivity index (χ0v) is 14.1. The Balaban J connectivity index is 1.90. The highest BCUT2D eigenvalue weighted by molar-refractivity contribution is 9.11. The third kappa shape index (κ3) is 2.72. The topological polar surface area (TPSA) is 21.3 Å². The van der Waals surface area contributed by atoms with E-state index < -0.39 is 0 Å². The molecule has 3 rings (SSSR count). The number of thiophene rings is 1. The number of aryl methyl sites for hydroxylation is 2. The molecule has 0 aliphatic heterocycles. The zero-order chi connectivity index (χ0) is 14.1. The van der Waals surface area contributed by atoms with E-state index in [-0.39, 0.29) is 0 Å². The lowest BCUT2D eigenvalue weighted by atomic mass is 9.93. The van der Waals surface area contributed by atoms with Gasteiger partial charge in [-0.2, -0.15) is 0 Å². The first-order chi connectivity index (χ1) is 9.67. The molecular weight excluding hydrogens is 334 g/mol. The molecule has 1 aliphatic carbocycles. The van der Waals surface area contributed by atoms with E-state index in [9.17, 15) is 0 Å². The fourth-order valence-corrected chi connectivity index (χ4v) is 4.61. The molecule has 1 aromatic heterocycles. The Morgan fingerprint density at radius 3 is 3.00 bits per heavy atom. The predicted octanol–water partition coefficient (Wildman–Crippen LogP) is 5.32. The highest BCUT2D eigenvalue weighted by Crippen LogP contribution is 2.40. The van der Waals surface area contributed by atoms with Gasteiger partial charge in [0.1, 0.15) is 5.75 Å². The first-order valence-corrected chi connectivity index (χ1v) is 8.47. The van der Waals surface area contributed by atoms with Gasteiger partial charge in [-0.25, -0.2) is 0 Å². The molecule has 2 aromatic rings. The van der Waals surface area contributed by atoms with Gasteiger partial charge < -0.3 is 10.1 Å². The fraction of sp³-hybridized carbons (Fsp3) is 0.375. The summed E-state index contributed by atoms with van der Waals surface area (Å²) in [5.41, 5.74) is 3.78. The Morgan fingerprint density at radius 1 is 1.35 bits per heavy atom. The van der Waals surface area contributed by atoms with E-state index in [0.717, 1.165) is 11.4 Å². The molecule has 1 N–H and O–H groups in total. The molecule has 0 spiro atoms. The van der Waals surface area contributed by atoms with E-state index in [1.165, 1.54) is 39.1 Å². The van der Waals surface area contributed by atoms with Crippen molar-refractivity contribution in [3.05, 3.63) is 44.1 Å². The van der Waals surface area contributed by atoms with Gasteiger partial charge in [-0.15, -0.1) is 11.3 Å². The van der Waals surface area contributed by atoms with Gasteiger partial charge in [0.25, 0.3) is 0 Å². The molecule has 0 radical (unpaired) electrons. The number of rotatable bonds is 3. The van der Waals surface area contributed by atoms with E-state index in [0.29, 0.717) is 6.04 Å². The van der Waals surface area contributed by atoms with Gasteiger partial charge in [-0.1, -0.05) is 6.07 Å². The third-order valence-electron chi connectivity index (χ3n) is 3.77. The van der Waals surface area contributed by atoms with Crippen molar-refractivity contribution in [3.8, 4) is 5.75 Å². The van der Waals surface area contributed by atoms with Gasteiger partial charge in [-0.05, 0) is 71.4 Å². The lowest BCUT2D eigenvalue weighted by Gasteiger charge is -2.25. The Kier molecular flexibility index (Phi) is 4.03. The lowest BCUT2D eigenvalue weighted by Crippen LogP contribution is -2.16. The summed E-state index contributed by atoms with van der Waals surface area (Å²) in [4.78, 5) is 1.51. The van der Waals surface area contributed by atoms with E-state index in [1.807, 2.05) is 17.4 Å². The van der Waals surface area contributed by atoms with E-state index in [1.54, 1.807) is 7.11 Å². The van der Waals surface area contributed by atoms with Crippen molar-refractivity contribution >= 4 is 33.0 Å². The molecule has 1 heterocycles. The van der Waals surface area contributed by atoms with Gasteiger partial charge in [0.05, 0.1) is 22.6 Å². The molecule has 1 unspecified atom stereocenters. The average Bonchev–Trinajstić information content (AvgIpc) is 2.80. The summed E-state index contributed by atoms with van der Waals surface area (Å²) in [5.74, 6) is 0.914. The molecule has 0 saturated heterocycles. The third-order valence-corrected chi connectivity index (χ3v) is 5.48. The van der Waals surface area contributed by atoms with Gasteiger partial charge >= 0.3 is 0 Å². The molecule has 1 atom stereocenters. The molecule has 1 aromatic carbocycles. The molecule has 2 nitrogen and oxygen atoms in total. The SMILES string of the molecule is COc1ccc(C)cc1NC1CCCc2sc(Br)cc21. The molecule has 0 bridgehead atoms. The number of nitrogens with one attached hydrogen (secondary N) is 1. The Hall–Kier alpha value is -1.00. The van der Waals surface area contributed by atoms with Crippen molar-refractivity contribution in [1.82, 2.24) is 0 Å². The van der Waals surface area contributed by atoms with Crippen LogP contribution in [0.1, 0.15) is 34.9 Å². The van der Waals surface area contributed by atoms with Crippen LogP contribution >= 0.6 is 27.3 Å². The average molecular weight is 352 g/mol. The van der Waals surface area contributed by atoms with Crippen molar-refractivity contribution in [2.45, 2.75) is 32.2 Å². The maximum Gasteiger partial charge on any atom is 0.141 e. The Labute approximate surface area is 132 Å². The van der Waals surface area contributed by atoms with E-state index >= 15 is 0 Å². The summed E-state index contributed by atoms with van der Waals surface area (Å²) < 4.78 is 6.69. The van der Waals surface area contributed by atoms with Gasteiger partial charge in [-0.3, -0.25) is 0 Å². The smallest absolute Gasteiger partial charge is 0.141 e. The maximum absolute atomic E-state index is 5.47. The first-order valence-electron chi connectivity index (χ1n) is 6.86. The minimum Gasteiger partial charge on any atom is -0.495 e. The lowest BCUT2D eigenvalue weighted by molar-refractivity contribution is 0.415. The number of halogens is 1. The summed E-state index contributed by atoms with van der Waals surface area (Å²) in [7, 11) is 1.73. The Bertz CT molecular complexity index is 623. The molecule has 20 heavy (non-hydrogen) atoms. The number of fused-ring (bicyclic) bond motifs is 1. The second kappa shape index (κ2) is 5.78. The van der Waals surface area contributed by atoms with Gasteiger partial charge in [0.15, 0.2) is 0 Å². The minimum absolute atomic E-state index is 0.386. The summed E-state index contributed by atoms with van der Waals surface area (Å²) in [5, 5.41) is 3.67. The number of hydrogen-bond donors (Lipinski definition) is 1. The molecule has 0 saturated carbocycles. The van der Waals surface area contributed by atoms with Crippen LogP contribution in [0.3, 0.4) is 0 Å². The molecule has 1 aliphatic rings. The molecule has 106 valence electrons. The van der Waals surface area contributed by atoms with Crippen molar-refractivity contribution in [2.75, 3.05) is 12.4 Å². The minimum atomic E-state index is 0.386. The highest BCUT2D eigenvalue weighted by atomic mass is 79.9. The van der Waals surface area contributed by atoms with Crippen LogP contribution in [0.2, 0.25) is 0 Å². The van der Waals surface area contributed by atoms with Crippen LogP contribution in [-0.4, -0.2) is 7.11 Å². The monoisotopic (exact) mass is 351 g/mol. The van der Waals surface area contributed by atoms with Crippen molar-refractivity contribution in [1.29, 1.82) is 0 Å². The number of benzene rings is 1. The zero-order valence-electron chi connectivity index (χ0n) is 11.7. The van der Waals surface area contributed by atoms with Crippen molar-refractivity contribution in [2.24, 2.45) is 0 Å². The molecule has 0 amide bonds. The summed E-state index contributed by atoms with van der Waals surface area (Å²) in [6.45, 7) is 2.11. The standard InChI is InChI=1S/C16H18BrNOS/c1-10-6-7-14(19-2)13(8-10)18-12-4-3-5-15-11(12)9-16(17)20-15/h6-9,12,18H,3-5H2,1-2H3. The van der Waals surface area contributed by atoms with Crippen LogP contribution < -0.4 is 10.1 Å². The molecule has 0 fully saturated rings. The number of anilines is 1. The van der Waals surface area contributed by atoms with Crippen LogP contribution in [0.4, 0.5) is 5.69 Å². The number of ether oxygens (including phenoxy) is 1. The van der Waals surface area contributed by atoms with Gasteiger partial charge in [0.2, 0.25) is 0 Å².